The molecule has 1 fully saturated rings. The van der Waals surface area contributed by atoms with Crippen molar-refractivity contribution in [2.45, 2.75) is 50.2 Å². The van der Waals surface area contributed by atoms with Crippen LogP contribution in [0, 0.1) is 5.92 Å². The van der Waals surface area contributed by atoms with E-state index in [0.29, 0.717) is 23.5 Å². The van der Waals surface area contributed by atoms with Gasteiger partial charge in [-0.25, -0.2) is 0 Å². The predicted octanol–water partition coefficient (Wildman–Crippen LogP) is 5.65. The Morgan fingerprint density at radius 1 is 1.10 bits per heavy atom. The smallest absolute Gasteiger partial charge is 0.264 e. The molecule has 0 saturated carbocycles. The second-order valence-electron chi connectivity index (χ2n) is 11.1. The maximum atomic E-state index is 15.6. The van der Waals surface area contributed by atoms with Crippen LogP contribution in [-0.4, -0.2) is 45.1 Å². The second-order valence-corrected chi connectivity index (χ2v) is 14.9. The molecule has 3 aromatic rings. The van der Waals surface area contributed by atoms with Gasteiger partial charge in [-0.3, -0.25) is 9.59 Å². The molecule has 7 nitrogen and oxygen atoms in total. The molecule has 0 radical (unpaired) electrons. The van der Waals surface area contributed by atoms with E-state index < -0.39 is 25.7 Å². The summed E-state index contributed by atoms with van der Waals surface area (Å²) >= 11 is 0. The monoisotopic (exact) mass is 562 g/mol. The summed E-state index contributed by atoms with van der Waals surface area (Å²) in [6, 6.07) is 21.8. The maximum absolute atomic E-state index is 15.6. The standard InChI is InChI=1S/C31H35FN2O5Si/c1-20-28(40(3,4)32)27(17-18-35)39-31(20)25-7-5-6-8-26(25)34(30(31)37)19-21-9-13-23(14-10-21)33-29(36)22-11-15-24(38-2)16-12-22/h5-16,20,27-28,35H,17-19H2,1-4H3,(H,33,36)/t20-,27+,28-,31+/m0/s1. The van der Waals surface area contributed by atoms with Gasteiger partial charge in [-0.1, -0.05) is 37.3 Å². The molecule has 0 aromatic heterocycles. The topological polar surface area (TPSA) is 88.1 Å². The van der Waals surface area contributed by atoms with E-state index in [4.69, 9.17) is 9.47 Å². The molecule has 3 aromatic carbocycles. The van der Waals surface area contributed by atoms with Crippen molar-refractivity contribution in [3.05, 3.63) is 89.5 Å². The van der Waals surface area contributed by atoms with Crippen LogP contribution in [0.3, 0.4) is 0 Å². The van der Waals surface area contributed by atoms with Crippen molar-refractivity contribution in [2.75, 3.05) is 23.9 Å². The van der Waals surface area contributed by atoms with Crippen molar-refractivity contribution in [2.24, 2.45) is 5.92 Å². The molecule has 210 valence electrons. The zero-order valence-corrected chi connectivity index (χ0v) is 24.2. The molecule has 1 saturated heterocycles. The molecular weight excluding hydrogens is 527 g/mol. The third-order valence-electron chi connectivity index (χ3n) is 8.19. The number of carbonyl (C=O) groups excluding carboxylic acids is 2. The van der Waals surface area contributed by atoms with Gasteiger partial charge in [0.15, 0.2) is 5.60 Å². The molecule has 2 aliphatic heterocycles. The van der Waals surface area contributed by atoms with Crippen molar-refractivity contribution < 1.29 is 28.3 Å². The lowest BCUT2D eigenvalue weighted by Gasteiger charge is -2.31. The van der Waals surface area contributed by atoms with E-state index >= 15 is 4.11 Å². The number of anilines is 2. The number of nitrogens with zero attached hydrogens (tertiary/aromatic N) is 1. The van der Waals surface area contributed by atoms with Gasteiger partial charge in [0.1, 0.15) is 5.75 Å². The molecule has 9 heteroatoms. The van der Waals surface area contributed by atoms with Crippen LogP contribution in [0.5, 0.6) is 5.75 Å². The lowest BCUT2D eigenvalue weighted by Crippen LogP contribution is -2.45. The minimum absolute atomic E-state index is 0.130. The lowest BCUT2D eigenvalue weighted by molar-refractivity contribution is -0.146. The summed E-state index contributed by atoms with van der Waals surface area (Å²) in [7, 11) is -1.65. The Hall–Kier alpha value is -3.53. The molecular formula is C31H35FN2O5Si. The second kappa shape index (κ2) is 10.8. The minimum Gasteiger partial charge on any atom is -0.497 e. The Morgan fingerprint density at radius 2 is 1.77 bits per heavy atom. The Labute approximate surface area is 235 Å². The first-order valence-corrected chi connectivity index (χ1v) is 16.5. The molecule has 40 heavy (non-hydrogen) atoms. The number of amides is 2. The van der Waals surface area contributed by atoms with Crippen LogP contribution in [0.4, 0.5) is 15.5 Å². The van der Waals surface area contributed by atoms with Crippen LogP contribution in [0.15, 0.2) is 72.8 Å². The fraction of sp³-hybridized carbons (Fsp3) is 0.355. The summed E-state index contributed by atoms with van der Waals surface area (Å²) in [6.07, 6.45) is -0.242. The van der Waals surface area contributed by atoms with Crippen molar-refractivity contribution in [3.8, 4) is 5.75 Å². The normalized spacial score (nSPS) is 23.9. The Balaban J connectivity index is 1.38. The quantitative estimate of drug-likeness (QED) is 0.274. The lowest BCUT2D eigenvalue weighted by atomic mass is 9.82. The number of hydrogen-bond donors (Lipinski definition) is 2. The number of carbonyl (C=O) groups is 2. The SMILES string of the molecule is COc1ccc(C(=O)Nc2ccc(CN3C(=O)[C@]4(O[C@H](CCO)[C@@H]([Si](C)(C)F)[C@@H]4C)c4ccccc43)cc2)cc1. The summed E-state index contributed by atoms with van der Waals surface area (Å²) in [5.41, 5.74) is 1.80. The van der Waals surface area contributed by atoms with Crippen LogP contribution in [-0.2, 0) is 21.7 Å². The number of aliphatic hydroxyl groups excluding tert-OH is 1. The number of ether oxygens (including phenoxy) is 2. The van der Waals surface area contributed by atoms with E-state index in [2.05, 4.69) is 5.32 Å². The Morgan fingerprint density at radius 3 is 2.40 bits per heavy atom. The van der Waals surface area contributed by atoms with Crippen molar-refractivity contribution >= 4 is 31.6 Å². The third kappa shape index (κ3) is 4.82. The summed E-state index contributed by atoms with van der Waals surface area (Å²) in [5, 5.41) is 12.6. The summed E-state index contributed by atoms with van der Waals surface area (Å²) in [4.78, 5) is 28.6. The molecule has 0 bridgehead atoms. The van der Waals surface area contributed by atoms with Crippen LogP contribution in [0.1, 0.15) is 34.8 Å². The molecule has 2 aliphatic rings. The van der Waals surface area contributed by atoms with E-state index in [1.54, 1.807) is 61.5 Å². The Kier molecular flexibility index (Phi) is 7.56. The number of rotatable bonds is 8. The van der Waals surface area contributed by atoms with Gasteiger partial charge in [-0.2, -0.15) is 0 Å². The summed E-state index contributed by atoms with van der Waals surface area (Å²) in [6.45, 7) is 5.38. The van der Waals surface area contributed by atoms with Gasteiger partial charge in [0.2, 0.25) is 8.41 Å². The number of aliphatic hydroxyl groups is 1. The highest BCUT2D eigenvalue weighted by molar-refractivity contribution is 6.72. The van der Waals surface area contributed by atoms with Gasteiger partial charge in [-0.05, 0) is 67.5 Å². The molecule has 0 aliphatic carbocycles. The number of methoxy groups -OCH3 is 1. The summed E-state index contributed by atoms with van der Waals surface area (Å²) < 4.78 is 27.2. The molecule has 4 atom stereocenters. The average Bonchev–Trinajstić information content (AvgIpc) is 3.36. The van der Waals surface area contributed by atoms with Gasteiger partial charge in [0, 0.05) is 34.9 Å². The van der Waals surface area contributed by atoms with Crippen molar-refractivity contribution in [1.29, 1.82) is 0 Å². The zero-order chi connectivity index (χ0) is 28.7. The maximum Gasteiger partial charge on any atom is 0.264 e. The Bertz CT molecular complexity index is 1390. The number of nitrogens with one attached hydrogen (secondary N) is 1. The van der Waals surface area contributed by atoms with Crippen LogP contribution >= 0.6 is 0 Å². The fourth-order valence-corrected chi connectivity index (χ4v) is 8.92. The number of halogens is 1. The van der Waals surface area contributed by atoms with Gasteiger partial charge in [0.05, 0.1) is 25.4 Å². The molecule has 1 spiro atoms. The van der Waals surface area contributed by atoms with Gasteiger partial charge in [-0.15, -0.1) is 0 Å². The number of hydrogen-bond acceptors (Lipinski definition) is 5. The number of para-hydroxylation sites is 1. The van der Waals surface area contributed by atoms with Gasteiger partial charge >= 0.3 is 0 Å². The fourth-order valence-electron chi connectivity index (χ4n) is 6.38. The van der Waals surface area contributed by atoms with Crippen LogP contribution < -0.4 is 15.0 Å². The zero-order valence-electron chi connectivity index (χ0n) is 23.2. The largest absolute Gasteiger partial charge is 0.497 e. The van der Waals surface area contributed by atoms with E-state index in [-0.39, 0.29) is 30.8 Å². The van der Waals surface area contributed by atoms with Gasteiger partial charge < -0.3 is 28.9 Å². The van der Waals surface area contributed by atoms with E-state index in [9.17, 15) is 14.7 Å². The average molecular weight is 563 g/mol. The van der Waals surface area contributed by atoms with Crippen molar-refractivity contribution in [3.63, 3.8) is 0 Å². The first-order chi connectivity index (χ1) is 19.1. The molecule has 2 N–H and O–H groups in total. The third-order valence-corrected chi connectivity index (χ3v) is 10.6. The highest BCUT2D eigenvalue weighted by Crippen LogP contribution is 2.60. The predicted molar refractivity (Wildman–Crippen MR) is 155 cm³/mol. The highest BCUT2D eigenvalue weighted by Gasteiger charge is 2.66. The van der Waals surface area contributed by atoms with E-state index in [0.717, 1.165) is 16.8 Å². The molecule has 0 unspecified atom stereocenters. The van der Waals surface area contributed by atoms with Crippen LogP contribution in [0.2, 0.25) is 18.6 Å². The molecule has 5 rings (SSSR count). The van der Waals surface area contributed by atoms with Gasteiger partial charge in [0.25, 0.3) is 11.8 Å². The minimum atomic E-state index is -3.23. The van der Waals surface area contributed by atoms with E-state index in [1.165, 1.54) is 0 Å². The van der Waals surface area contributed by atoms with Crippen LogP contribution in [0.25, 0.3) is 0 Å². The summed E-state index contributed by atoms with van der Waals surface area (Å²) in [5.74, 6) is -0.153. The highest BCUT2D eigenvalue weighted by atomic mass is 28.4. The number of benzene rings is 3. The first kappa shape index (κ1) is 28.0. The van der Waals surface area contributed by atoms with E-state index in [1.807, 2.05) is 43.3 Å². The molecule has 2 heterocycles. The first-order valence-electron chi connectivity index (χ1n) is 13.5. The molecule has 2 amide bonds. The van der Waals surface area contributed by atoms with Crippen molar-refractivity contribution in [1.82, 2.24) is 0 Å². The number of fused-ring (bicyclic) bond motifs is 2.